The first kappa shape index (κ1) is 11.3. The first-order chi connectivity index (χ1) is 7.90. The highest BCUT2D eigenvalue weighted by molar-refractivity contribution is 5.56. The number of para-hydroxylation sites is 2. The Morgan fingerprint density at radius 3 is 3.00 bits per heavy atom. The monoisotopic (exact) mass is 221 g/mol. The summed E-state index contributed by atoms with van der Waals surface area (Å²) in [4.78, 5) is 0. The second-order valence-electron chi connectivity index (χ2n) is 4.07. The van der Waals surface area contributed by atoms with Crippen LogP contribution in [0.4, 0.5) is 5.69 Å². The minimum Gasteiger partial charge on any atom is -0.495 e. The lowest BCUT2D eigenvalue weighted by Crippen LogP contribution is -2.27. The molecule has 1 aromatic carbocycles. The van der Waals surface area contributed by atoms with Crippen LogP contribution in [0.1, 0.15) is 19.3 Å². The van der Waals surface area contributed by atoms with Gasteiger partial charge in [-0.3, -0.25) is 0 Å². The lowest BCUT2D eigenvalue weighted by atomic mass is 10.1. The molecule has 3 heteroatoms. The predicted octanol–water partition coefficient (Wildman–Crippen LogP) is 2.68. The third kappa shape index (κ3) is 2.89. The summed E-state index contributed by atoms with van der Waals surface area (Å²) in [5.41, 5.74) is 1.04. The van der Waals surface area contributed by atoms with Crippen LogP contribution in [-0.2, 0) is 4.74 Å². The summed E-state index contributed by atoms with van der Waals surface area (Å²) >= 11 is 0. The SMILES string of the molecule is COc1ccccc1NCC1CCCCO1. The number of hydrogen-bond donors (Lipinski definition) is 1. The van der Waals surface area contributed by atoms with Gasteiger partial charge in [-0.15, -0.1) is 0 Å². The van der Waals surface area contributed by atoms with E-state index in [1.807, 2.05) is 24.3 Å². The van der Waals surface area contributed by atoms with E-state index in [-0.39, 0.29) is 0 Å². The molecule has 16 heavy (non-hydrogen) atoms. The van der Waals surface area contributed by atoms with Gasteiger partial charge in [-0.25, -0.2) is 0 Å². The molecule has 2 rings (SSSR count). The zero-order valence-electron chi connectivity index (χ0n) is 9.74. The second-order valence-corrected chi connectivity index (χ2v) is 4.07. The highest BCUT2D eigenvalue weighted by Gasteiger charge is 2.13. The third-order valence-corrected chi connectivity index (χ3v) is 2.90. The summed E-state index contributed by atoms with van der Waals surface area (Å²) in [6.45, 7) is 1.76. The van der Waals surface area contributed by atoms with Crippen molar-refractivity contribution in [1.29, 1.82) is 0 Å². The molecular weight excluding hydrogens is 202 g/mol. The number of rotatable bonds is 4. The van der Waals surface area contributed by atoms with Crippen molar-refractivity contribution in [3.05, 3.63) is 24.3 Å². The van der Waals surface area contributed by atoms with Crippen LogP contribution in [0.2, 0.25) is 0 Å². The third-order valence-electron chi connectivity index (χ3n) is 2.90. The first-order valence-corrected chi connectivity index (χ1v) is 5.88. The van der Waals surface area contributed by atoms with Crippen molar-refractivity contribution in [2.45, 2.75) is 25.4 Å². The molecule has 1 saturated heterocycles. The lowest BCUT2D eigenvalue weighted by molar-refractivity contribution is 0.0247. The molecule has 3 nitrogen and oxygen atoms in total. The Balaban J connectivity index is 1.88. The number of ether oxygens (including phenoxy) is 2. The number of methoxy groups -OCH3 is 1. The van der Waals surface area contributed by atoms with Crippen molar-refractivity contribution >= 4 is 5.69 Å². The van der Waals surface area contributed by atoms with E-state index in [2.05, 4.69) is 5.32 Å². The topological polar surface area (TPSA) is 30.5 Å². The highest BCUT2D eigenvalue weighted by Crippen LogP contribution is 2.23. The summed E-state index contributed by atoms with van der Waals surface area (Å²) in [5.74, 6) is 0.887. The fraction of sp³-hybridized carbons (Fsp3) is 0.538. The Labute approximate surface area is 96.8 Å². The van der Waals surface area contributed by atoms with Crippen molar-refractivity contribution in [1.82, 2.24) is 0 Å². The number of anilines is 1. The minimum atomic E-state index is 0.346. The first-order valence-electron chi connectivity index (χ1n) is 5.88. The standard InChI is InChI=1S/C13H19NO2/c1-15-13-8-3-2-7-12(13)14-10-11-6-4-5-9-16-11/h2-3,7-8,11,14H,4-6,9-10H2,1H3. The molecule has 0 bridgehead atoms. The highest BCUT2D eigenvalue weighted by atomic mass is 16.5. The van der Waals surface area contributed by atoms with Gasteiger partial charge in [0.25, 0.3) is 0 Å². The summed E-state index contributed by atoms with van der Waals surface area (Å²) in [7, 11) is 1.69. The van der Waals surface area contributed by atoms with E-state index in [1.165, 1.54) is 12.8 Å². The van der Waals surface area contributed by atoms with Crippen LogP contribution < -0.4 is 10.1 Å². The van der Waals surface area contributed by atoms with Gasteiger partial charge >= 0.3 is 0 Å². The Hall–Kier alpha value is -1.22. The van der Waals surface area contributed by atoms with Crippen LogP contribution in [0.15, 0.2) is 24.3 Å². The predicted molar refractivity (Wildman–Crippen MR) is 65.1 cm³/mol. The molecule has 0 aromatic heterocycles. The molecule has 0 aliphatic carbocycles. The number of hydrogen-bond acceptors (Lipinski definition) is 3. The molecule has 0 amide bonds. The van der Waals surface area contributed by atoms with Crippen LogP contribution in [0.5, 0.6) is 5.75 Å². The van der Waals surface area contributed by atoms with Crippen LogP contribution in [0, 0.1) is 0 Å². The smallest absolute Gasteiger partial charge is 0.141 e. The molecule has 0 spiro atoms. The van der Waals surface area contributed by atoms with Gasteiger partial charge in [0, 0.05) is 13.2 Å². The Kier molecular flexibility index (Phi) is 4.05. The minimum absolute atomic E-state index is 0.346. The van der Waals surface area contributed by atoms with Crippen LogP contribution in [0.25, 0.3) is 0 Å². The van der Waals surface area contributed by atoms with Crippen molar-refractivity contribution < 1.29 is 9.47 Å². The zero-order chi connectivity index (χ0) is 11.2. The van der Waals surface area contributed by atoms with E-state index in [4.69, 9.17) is 9.47 Å². The molecule has 88 valence electrons. The molecule has 1 fully saturated rings. The van der Waals surface area contributed by atoms with E-state index < -0.39 is 0 Å². The maximum absolute atomic E-state index is 5.67. The van der Waals surface area contributed by atoms with E-state index in [1.54, 1.807) is 7.11 Å². The van der Waals surface area contributed by atoms with Crippen LogP contribution in [-0.4, -0.2) is 26.4 Å². The Morgan fingerprint density at radius 2 is 2.25 bits per heavy atom. The molecule has 1 aliphatic heterocycles. The number of nitrogens with one attached hydrogen (secondary N) is 1. The van der Waals surface area contributed by atoms with Crippen molar-refractivity contribution in [2.24, 2.45) is 0 Å². The van der Waals surface area contributed by atoms with Crippen LogP contribution >= 0.6 is 0 Å². The fourth-order valence-corrected chi connectivity index (χ4v) is 1.98. The van der Waals surface area contributed by atoms with E-state index in [0.29, 0.717) is 6.10 Å². The fourth-order valence-electron chi connectivity index (χ4n) is 1.98. The van der Waals surface area contributed by atoms with Gasteiger partial charge in [0.05, 0.1) is 18.9 Å². The van der Waals surface area contributed by atoms with Gasteiger partial charge in [0.2, 0.25) is 0 Å². The van der Waals surface area contributed by atoms with Crippen LogP contribution in [0.3, 0.4) is 0 Å². The molecular formula is C13H19NO2. The molecule has 1 aromatic rings. The molecule has 1 aliphatic rings. The largest absolute Gasteiger partial charge is 0.495 e. The Morgan fingerprint density at radius 1 is 1.38 bits per heavy atom. The normalized spacial score (nSPS) is 20.4. The van der Waals surface area contributed by atoms with Gasteiger partial charge in [-0.2, -0.15) is 0 Å². The lowest BCUT2D eigenvalue weighted by Gasteiger charge is -2.23. The summed E-state index contributed by atoms with van der Waals surface area (Å²) in [6.07, 6.45) is 3.98. The van der Waals surface area contributed by atoms with E-state index in [9.17, 15) is 0 Å². The molecule has 0 radical (unpaired) electrons. The van der Waals surface area contributed by atoms with E-state index >= 15 is 0 Å². The van der Waals surface area contributed by atoms with Gasteiger partial charge in [0.1, 0.15) is 5.75 Å². The van der Waals surface area contributed by atoms with Gasteiger partial charge in [0.15, 0.2) is 0 Å². The molecule has 1 heterocycles. The quantitative estimate of drug-likeness (QED) is 0.848. The molecule has 0 saturated carbocycles. The van der Waals surface area contributed by atoms with Crippen molar-refractivity contribution in [3.8, 4) is 5.75 Å². The molecule has 1 unspecified atom stereocenters. The number of benzene rings is 1. The molecule has 1 atom stereocenters. The van der Waals surface area contributed by atoms with Crippen molar-refractivity contribution in [3.63, 3.8) is 0 Å². The summed E-state index contributed by atoms with van der Waals surface area (Å²) in [5, 5.41) is 3.38. The summed E-state index contributed by atoms with van der Waals surface area (Å²) in [6, 6.07) is 7.97. The summed E-state index contributed by atoms with van der Waals surface area (Å²) < 4.78 is 11.0. The maximum atomic E-state index is 5.67. The van der Waals surface area contributed by atoms with Gasteiger partial charge < -0.3 is 14.8 Å². The maximum Gasteiger partial charge on any atom is 0.141 e. The average Bonchev–Trinajstić information content (AvgIpc) is 2.38. The van der Waals surface area contributed by atoms with Gasteiger partial charge in [-0.1, -0.05) is 12.1 Å². The van der Waals surface area contributed by atoms with Gasteiger partial charge in [-0.05, 0) is 31.4 Å². The molecule has 1 N–H and O–H groups in total. The van der Waals surface area contributed by atoms with Crippen molar-refractivity contribution in [2.75, 3.05) is 25.6 Å². The van der Waals surface area contributed by atoms with E-state index in [0.717, 1.165) is 31.0 Å². The zero-order valence-corrected chi connectivity index (χ0v) is 9.74. The average molecular weight is 221 g/mol. The second kappa shape index (κ2) is 5.75. The Bertz CT molecular complexity index is 321.